The molecule has 1 atom stereocenters. The molecule has 0 aromatic heterocycles. The van der Waals surface area contributed by atoms with Crippen LogP contribution in [0.15, 0.2) is 22.7 Å². The highest BCUT2D eigenvalue weighted by Crippen LogP contribution is 2.29. The van der Waals surface area contributed by atoms with Gasteiger partial charge in [0.15, 0.2) is 0 Å². The monoisotopic (exact) mass is 276 g/mol. The van der Waals surface area contributed by atoms with Gasteiger partial charge in [0.05, 0.1) is 6.42 Å². The van der Waals surface area contributed by atoms with Gasteiger partial charge in [-0.1, -0.05) is 40.5 Å². The average molecular weight is 278 g/mol. The first-order chi connectivity index (χ1) is 6.50. The van der Waals surface area contributed by atoms with E-state index in [4.69, 9.17) is 16.7 Å². The van der Waals surface area contributed by atoms with Crippen molar-refractivity contribution in [1.82, 2.24) is 0 Å². The molecule has 0 aliphatic rings. The molecule has 1 N–H and O–H groups in total. The Balaban J connectivity index is 2.90. The van der Waals surface area contributed by atoms with E-state index < -0.39 is 5.97 Å². The van der Waals surface area contributed by atoms with Gasteiger partial charge in [0.25, 0.3) is 0 Å². The Bertz CT molecular complexity index is 352. The molecular formula is C10H10BrClO2. The predicted molar refractivity (Wildman–Crippen MR) is 59.8 cm³/mol. The zero-order chi connectivity index (χ0) is 10.7. The molecule has 0 radical (unpaired) electrons. The summed E-state index contributed by atoms with van der Waals surface area (Å²) in [6.07, 6.45) is 0.0986. The molecular weight excluding hydrogens is 267 g/mol. The summed E-state index contributed by atoms with van der Waals surface area (Å²) in [5, 5.41) is 9.24. The van der Waals surface area contributed by atoms with E-state index in [9.17, 15) is 4.79 Å². The molecule has 2 nitrogen and oxygen atoms in total. The molecule has 1 unspecified atom stereocenters. The van der Waals surface area contributed by atoms with E-state index in [1.165, 1.54) is 0 Å². The van der Waals surface area contributed by atoms with Gasteiger partial charge in [-0.25, -0.2) is 0 Å². The summed E-state index contributed by atoms with van der Waals surface area (Å²) >= 11 is 9.28. The van der Waals surface area contributed by atoms with Crippen LogP contribution in [-0.4, -0.2) is 11.1 Å². The molecule has 0 fully saturated rings. The predicted octanol–water partition coefficient (Wildman–Crippen LogP) is 3.68. The van der Waals surface area contributed by atoms with Crippen LogP contribution in [0.3, 0.4) is 0 Å². The number of aliphatic carboxylic acids is 1. The molecule has 0 spiro atoms. The van der Waals surface area contributed by atoms with Crippen LogP contribution in [0, 0.1) is 0 Å². The van der Waals surface area contributed by atoms with Gasteiger partial charge in [0, 0.05) is 9.50 Å². The molecule has 1 aromatic rings. The Morgan fingerprint density at radius 2 is 2.29 bits per heavy atom. The van der Waals surface area contributed by atoms with Crippen molar-refractivity contribution < 1.29 is 9.90 Å². The molecule has 1 rings (SSSR count). The van der Waals surface area contributed by atoms with E-state index in [0.29, 0.717) is 5.02 Å². The number of halogens is 2. The smallest absolute Gasteiger partial charge is 0.303 e. The van der Waals surface area contributed by atoms with Crippen molar-refractivity contribution in [3.05, 3.63) is 33.3 Å². The molecule has 0 bridgehead atoms. The molecule has 0 saturated heterocycles. The van der Waals surface area contributed by atoms with Crippen molar-refractivity contribution >= 4 is 33.5 Å². The van der Waals surface area contributed by atoms with Crippen LogP contribution in [0.2, 0.25) is 5.02 Å². The van der Waals surface area contributed by atoms with Gasteiger partial charge in [-0.05, 0) is 23.6 Å². The van der Waals surface area contributed by atoms with Crippen LogP contribution in [0.5, 0.6) is 0 Å². The van der Waals surface area contributed by atoms with Gasteiger partial charge in [-0.3, -0.25) is 4.79 Å². The molecule has 76 valence electrons. The molecule has 0 amide bonds. The summed E-state index contributed by atoms with van der Waals surface area (Å²) in [4.78, 5) is 10.5. The first-order valence-electron chi connectivity index (χ1n) is 4.17. The van der Waals surface area contributed by atoms with E-state index in [-0.39, 0.29) is 12.3 Å². The standard InChI is InChI=1S/C10H10BrClO2/c1-6(4-10(13)14)8-3-2-7(11)5-9(8)12/h2-3,5-6H,4H2,1H3,(H,13,14). The zero-order valence-electron chi connectivity index (χ0n) is 7.63. The number of carboxylic acids is 1. The second-order valence-corrected chi connectivity index (χ2v) is 4.49. The SMILES string of the molecule is CC(CC(=O)O)c1ccc(Br)cc1Cl. The Morgan fingerprint density at radius 3 is 2.79 bits per heavy atom. The number of rotatable bonds is 3. The van der Waals surface area contributed by atoms with Gasteiger partial charge >= 0.3 is 5.97 Å². The Morgan fingerprint density at radius 1 is 1.64 bits per heavy atom. The maximum absolute atomic E-state index is 10.5. The van der Waals surface area contributed by atoms with Crippen molar-refractivity contribution in [1.29, 1.82) is 0 Å². The minimum atomic E-state index is -0.809. The number of carbonyl (C=O) groups is 1. The normalized spacial score (nSPS) is 12.5. The lowest BCUT2D eigenvalue weighted by Gasteiger charge is -2.11. The highest BCUT2D eigenvalue weighted by molar-refractivity contribution is 9.10. The minimum Gasteiger partial charge on any atom is -0.481 e. The lowest BCUT2D eigenvalue weighted by atomic mass is 9.98. The first kappa shape index (κ1) is 11.5. The molecule has 0 heterocycles. The van der Waals surface area contributed by atoms with Crippen molar-refractivity contribution in [2.45, 2.75) is 19.3 Å². The molecule has 0 saturated carbocycles. The maximum atomic E-state index is 10.5. The van der Waals surface area contributed by atoms with Crippen molar-refractivity contribution in [3.63, 3.8) is 0 Å². The lowest BCUT2D eigenvalue weighted by Crippen LogP contribution is -2.03. The van der Waals surface area contributed by atoms with Gasteiger partial charge in [0.1, 0.15) is 0 Å². The quantitative estimate of drug-likeness (QED) is 0.915. The van der Waals surface area contributed by atoms with Crippen LogP contribution in [0.1, 0.15) is 24.8 Å². The first-order valence-corrected chi connectivity index (χ1v) is 5.34. The fourth-order valence-electron chi connectivity index (χ4n) is 1.27. The maximum Gasteiger partial charge on any atom is 0.303 e. The van der Waals surface area contributed by atoms with Crippen molar-refractivity contribution in [3.8, 4) is 0 Å². The number of hydrogen-bond donors (Lipinski definition) is 1. The fraction of sp³-hybridized carbons (Fsp3) is 0.300. The van der Waals surface area contributed by atoms with Gasteiger partial charge in [0.2, 0.25) is 0 Å². The summed E-state index contributed by atoms with van der Waals surface area (Å²) in [6, 6.07) is 5.48. The average Bonchev–Trinajstić information content (AvgIpc) is 2.01. The summed E-state index contributed by atoms with van der Waals surface area (Å²) in [5.74, 6) is -0.871. The van der Waals surface area contributed by atoms with Crippen LogP contribution in [0.4, 0.5) is 0 Å². The Kier molecular flexibility index (Phi) is 3.96. The second-order valence-electron chi connectivity index (χ2n) is 3.16. The van der Waals surface area contributed by atoms with Gasteiger partial charge < -0.3 is 5.11 Å². The fourth-order valence-corrected chi connectivity index (χ4v) is 2.13. The van der Waals surface area contributed by atoms with E-state index >= 15 is 0 Å². The van der Waals surface area contributed by atoms with Crippen LogP contribution >= 0.6 is 27.5 Å². The van der Waals surface area contributed by atoms with Crippen LogP contribution in [0.25, 0.3) is 0 Å². The van der Waals surface area contributed by atoms with Gasteiger partial charge in [-0.15, -0.1) is 0 Å². The largest absolute Gasteiger partial charge is 0.481 e. The molecule has 0 aliphatic heterocycles. The minimum absolute atomic E-state index is 0.0619. The van der Waals surface area contributed by atoms with Gasteiger partial charge in [-0.2, -0.15) is 0 Å². The Labute approximate surface area is 96.0 Å². The lowest BCUT2D eigenvalue weighted by molar-refractivity contribution is -0.137. The van der Waals surface area contributed by atoms with E-state index in [2.05, 4.69) is 15.9 Å². The third-order valence-electron chi connectivity index (χ3n) is 1.97. The number of hydrogen-bond acceptors (Lipinski definition) is 1. The summed E-state index contributed by atoms with van der Waals surface area (Å²) < 4.78 is 0.897. The summed E-state index contributed by atoms with van der Waals surface area (Å²) in [7, 11) is 0. The van der Waals surface area contributed by atoms with E-state index in [1.54, 1.807) is 6.07 Å². The molecule has 0 aliphatic carbocycles. The number of carboxylic acid groups (broad SMARTS) is 1. The summed E-state index contributed by atoms with van der Waals surface area (Å²) in [5.41, 5.74) is 0.872. The summed E-state index contributed by atoms with van der Waals surface area (Å²) in [6.45, 7) is 1.85. The molecule has 1 aromatic carbocycles. The Hall–Kier alpha value is -0.540. The topological polar surface area (TPSA) is 37.3 Å². The molecule has 4 heteroatoms. The van der Waals surface area contributed by atoms with Crippen LogP contribution in [-0.2, 0) is 4.79 Å². The zero-order valence-corrected chi connectivity index (χ0v) is 9.97. The van der Waals surface area contributed by atoms with Crippen LogP contribution < -0.4 is 0 Å². The van der Waals surface area contributed by atoms with Crippen molar-refractivity contribution in [2.75, 3.05) is 0 Å². The highest BCUT2D eigenvalue weighted by Gasteiger charge is 2.13. The highest BCUT2D eigenvalue weighted by atomic mass is 79.9. The van der Waals surface area contributed by atoms with E-state index in [0.717, 1.165) is 10.0 Å². The van der Waals surface area contributed by atoms with Crippen molar-refractivity contribution in [2.24, 2.45) is 0 Å². The third kappa shape index (κ3) is 3.00. The third-order valence-corrected chi connectivity index (χ3v) is 2.79. The van der Waals surface area contributed by atoms with E-state index in [1.807, 2.05) is 19.1 Å². The second kappa shape index (κ2) is 4.80. The number of benzene rings is 1. The molecule has 14 heavy (non-hydrogen) atoms.